The van der Waals surface area contributed by atoms with Crippen LogP contribution in [0.5, 0.6) is 0 Å². The molecule has 1 aliphatic rings. The van der Waals surface area contributed by atoms with Crippen LogP contribution in [0.25, 0.3) is 22.3 Å². The van der Waals surface area contributed by atoms with Crippen LogP contribution in [0.2, 0.25) is 0 Å². The largest absolute Gasteiger partial charge is 0.219 e. The lowest BCUT2D eigenvalue weighted by atomic mass is 9.64. The molecule has 6 aromatic carbocycles. The lowest BCUT2D eigenvalue weighted by Crippen LogP contribution is -2.29. The van der Waals surface area contributed by atoms with Crippen molar-refractivity contribution in [2.24, 2.45) is 0 Å². The number of rotatable bonds is 5. The maximum absolute atomic E-state index is 13.4. The van der Waals surface area contributed by atoms with Gasteiger partial charge in [-0.3, -0.25) is 0 Å². The van der Waals surface area contributed by atoms with E-state index < -0.39 is 9.84 Å². The molecular weight excluding hydrogens is 545 g/mol. The van der Waals surface area contributed by atoms with Crippen molar-refractivity contribution in [3.63, 3.8) is 0 Å². The van der Waals surface area contributed by atoms with Crippen molar-refractivity contribution in [1.29, 1.82) is 0 Å². The maximum Gasteiger partial charge on any atom is 0.206 e. The summed E-state index contributed by atoms with van der Waals surface area (Å²) in [7, 11) is -3.62. The molecule has 0 aromatic heterocycles. The summed E-state index contributed by atoms with van der Waals surface area (Å²) in [5, 5.41) is 0. The first kappa shape index (κ1) is 27.1. The fourth-order valence-corrected chi connectivity index (χ4v) is 7.86. The highest BCUT2D eigenvalue weighted by Crippen LogP contribution is 2.49. The molecule has 7 rings (SSSR count). The van der Waals surface area contributed by atoms with Gasteiger partial charge in [0, 0.05) is 11.3 Å². The molecule has 0 spiro atoms. The highest BCUT2D eigenvalue weighted by Gasteiger charge is 2.37. The zero-order valence-electron chi connectivity index (χ0n) is 24.2. The summed E-state index contributed by atoms with van der Waals surface area (Å²) in [4.78, 5) is 0.582. The molecule has 0 bridgehead atoms. The van der Waals surface area contributed by atoms with E-state index in [0.717, 1.165) is 22.3 Å². The number of benzene rings is 6. The zero-order chi connectivity index (χ0) is 29.6. The molecule has 0 fully saturated rings. The van der Waals surface area contributed by atoms with Crippen molar-refractivity contribution >= 4 is 9.84 Å². The Morgan fingerprint density at radius 3 is 1.28 bits per heavy atom. The lowest BCUT2D eigenvalue weighted by molar-refractivity contribution is 0.596. The van der Waals surface area contributed by atoms with Gasteiger partial charge in [-0.15, -0.1) is 0 Å². The Labute approximate surface area is 254 Å². The van der Waals surface area contributed by atoms with Crippen LogP contribution in [-0.4, -0.2) is 8.42 Å². The van der Waals surface area contributed by atoms with Crippen LogP contribution in [-0.2, 0) is 15.3 Å². The lowest BCUT2D eigenvalue weighted by Gasteiger charge is -2.39. The monoisotopic (exact) mass is 576 g/mol. The van der Waals surface area contributed by atoms with E-state index in [1.807, 2.05) is 54.6 Å². The van der Waals surface area contributed by atoms with Crippen LogP contribution in [0.4, 0.5) is 0 Å². The van der Waals surface area contributed by atoms with E-state index in [9.17, 15) is 8.42 Å². The Morgan fingerprint density at radius 2 is 0.814 bits per heavy atom. The Morgan fingerprint density at radius 1 is 0.442 bits per heavy atom. The zero-order valence-corrected chi connectivity index (χ0v) is 25.1. The van der Waals surface area contributed by atoms with Crippen LogP contribution in [0.3, 0.4) is 0 Å². The minimum absolute atomic E-state index is 0.0599. The number of fused-ring (bicyclic) bond motifs is 2. The highest BCUT2D eigenvalue weighted by atomic mass is 32.2. The van der Waals surface area contributed by atoms with Crippen LogP contribution in [0.15, 0.2) is 161 Å². The molecule has 2 nitrogen and oxygen atoms in total. The van der Waals surface area contributed by atoms with E-state index in [-0.39, 0.29) is 11.3 Å². The van der Waals surface area contributed by atoms with Gasteiger partial charge in [0.05, 0.1) is 9.79 Å². The van der Waals surface area contributed by atoms with E-state index in [0.29, 0.717) is 9.79 Å². The van der Waals surface area contributed by atoms with E-state index >= 15 is 0 Å². The number of hydrogen-bond acceptors (Lipinski definition) is 2. The molecule has 3 heteroatoms. The summed E-state index contributed by atoms with van der Waals surface area (Å²) < 4.78 is 26.8. The van der Waals surface area contributed by atoms with Crippen LogP contribution in [0, 0.1) is 0 Å². The first-order valence-electron chi connectivity index (χ1n) is 14.6. The molecule has 0 heterocycles. The minimum Gasteiger partial charge on any atom is -0.219 e. The summed E-state index contributed by atoms with van der Waals surface area (Å²) in [6.07, 6.45) is 0. The van der Waals surface area contributed by atoms with E-state index in [2.05, 4.69) is 86.6 Å². The molecule has 0 unspecified atom stereocenters. The van der Waals surface area contributed by atoms with Gasteiger partial charge in [0.2, 0.25) is 9.84 Å². The second kappa shape index (κ2) is 10.5. The van der Waals surface area contributed by atoms with Gasteiger partial charge in [0.25, 0.3) is 0 Å². The summed E-state index contributed by atoms with van der Waals surface area (Å²) >= 11 is 0. The molecule has 0 aliphatic heterocycles. The molecule has 43 heavy (non-hydrogen) atoms. The summed E-state index contributed by atoms with van der Waals surface area (Å²) in [5.74, 6) is 0.162. The molecule has 0 radical (unpaired) electrons. The Bertz CT molecular complexity index is 1970. The second-order valence-corrected chi connectivity index (χ2v) is 13.7. The third-order valence-electron chi connectivity index (χ3n) is 8.90. The van der Waals surface area contributed by atoms with Gasteiger partial charge in [-0.2, -0.15) is 0 Å². The molecule has 0 saturated heterocycles. The quantitative estimate of drug-likeness (QED) is 0.205. The van der Waals surface area contributed by atoms with Crippen molar-refractivity contribution in [3.05, 3.63) is 179 Å². The van der Waals surface area contributed by atoms with Crippen LogP contribution < -0.4 is 0 Å². The van der Waals surface area contributed by atoms with Crippen molar-refractivity contribution in [2.45, 2.75) is 35.0 Å². The van der Waals surface area contributed by atoms with Gasteiger partial charge in [0.15, 0.2) is 0 Å². The molecule has 210 valence electrons. The molecule has 0 atom stereocenters. The molecule has 6 aromatic rings. The molecule has 0 N–H and O–H groups in total. The van der Waals surface area contributed by atoms with E-state index in [4.69, 9.17) is 0 Å². The fraction of sp³-hybridized carbons (Fsp3) is 0.100. The maximum atomic E-state index is 13.4. The first-order valence-corrected chi connectivity index (χ1v) is 16.1. The fourth-order valence-electron chi connectivity index (χ4n) is 6.60. The normalized spacial score (nSPS) is 14.1. The number of sulfone groups is 1. The third-order valence-corrected chi connectivity index (χ3v) is 10.7. The van der Waals surface area contributed by atoms with Crippen molar-refractivity contribution in [3.8, 4) is 22.3 Å². The molecule has 0 amide bonds. The van der Waals surface area contributed by atoms with Gasteiger partial charge >= 0.3 is 0 Å². The minimum atomic E-state index is -3.62. The molecule has 0 saturated carbocycles. The van der Waals surface area contributed by atoms with Gasteiger partial charge in [-0.1, -0.05) is 141 Å². The van der Waals surface area contributed by atoms with Gasteiger partial charge in [0.1, 0.15) is 0 Å². The summed E-state index contributed by atoms with van der Waals surface area (Å²) in [5.41, 5.74) is 10.7. The Hall–Kier alpha value is -4.73. The smallest absolute Gasteiger partial charge is 0.206 e. The highest BCUT2D eigenvalue weighted by molar-refractivity contribution is 7.91. The predicted octanol–water partition coefficient (Wildman–Crippen LogP) is 9.67. The van der Waals surface area contributed by atoms with Crippen molar-refractivity contribution in [1.82, 2.24) is 0 Å². The van der Waals surface area contributed by atoms with Gasteiger partial charge in [-0.05, 0) is 74.3 Å². The van der Waals surface area contributed by atoms with Gasteiger partial charge < -0.3 is 0 Å². The van der Waals surface area contributed by atoms with Crippen LogP contribution >= 0.6 is 0 Å². The van der Waals surface area contributed by atoms with Gasteiger partial charge in [-0.25, -0.2) is 8.42 Å². The molecular formula is C40H32O2S. The second-order valence-electron chi connectivity index (χ2n) is 11.8. The average molecular weight is 577 g/mol. The average Bonchev–Trinajstić information content (AvgIpc) is 3.06. The number of hydrogen-bond donors (Lipinski definition) is 0. The molecule has 1 aliphatic carbocycles. The standard InChI is InChI=1S/C40H32O2S/c1-40(2)37-14-8-6-12-35(37)39(36-13-7-9-15-38(36)40)32-18-16-29(17-19-32)31-22-26-34(27-23-31)43(41,42)33-24-20-30(21-25-33)28-10-4-3-5-11-28/h3-27,39H,1-2H3. The van der Waals surface area contributed by atoms with Crippen LogP contribution in [0.1, 0.15) is 47.6 Å². The predicted molar refractivity (Wildman–Crippen MR) is 175 cm³/mol. The van der Waals surface area contributed by atoms with E-state index in [1.165, 1.54) is 27.8 Å². The summed E-state index contributed by atoms with van der Waals surface area (Å²) in [6, 6.07) is 50.6. The van der Waals surface area contributed by atoms with Crippen molar-refractivity contribution < 1.29 is 8.42 Å². The Balaban J connectivity index is 1.16. The SMILES string of the molecule is CC1(C)c2ccccc2C(c2ccc(-c3ccc(S(=O)(=O)c4ccc(-c5ccccc5)cc4)cc3)cc2)c2ccccc21. The Kier molecular flexibility index (Phi) is 6.64. The topological polar surface area (TPSA) is 34.1 Å². The third kappa shape index (κ3) is 4.70. The van der Waals surface area contributed by atoms with Crippen molar-refractivity contribution in [2.75, 3.05) is 0 Å². The van der Waals surface area contributed by atoms with E-state index in [1.54, 1.807) is 24.3 Å². The summed E-state index contributed by atoms with van der Waals surface area (Å²) in [6.45, 7) is 4.63. The first-order chi connectivity index (χ1) is 20.8.